The highest BCUT2D eigenvalue weighted by Gasteiger charge is 2.14. The molecule has 1 aliphatic heterocycles. The summed E-state index contributed by atoms with van der Waals surface area (Å²) in [6.45, 7) is 6.75. The molecule has 0 saturated carbocycles. The van der Waals surface area contributed by atoms with Gasteiger partial charge in [-0.3, -0.25) is 4.99 Å². The van der Waals surface area contributed by atoms with Crippen LogP contribution in [0.1, 0.15) is 21.1 Å². The number of benzene rings is 1. The van der Waals surface area contributed by atoms with Crippen LogP contribution >= 0.6 is 35.3 Å². The van der Waals surface area contributed by atoms with Crippen molar-refractivity contribution in [3.05, 3.63) is 39.3 Å². The number of aryl methyl sites for hydroxylation is 2. The van der Waals surface area contributed by atoms with Crippen LogP contribution in [-0.4, -0.2) is 43.2 Å². The van der Waals surface area contributed by atoms with Gasteiger partial charge in [0.05, 0.1) is 12.2 Å². The molecule has 2 aromatic rings. The average molecular weight is 488 g/mol. The number of hydrogen-bond donors (Lipinski definition) is 1. The minimum Gasteiger partial charge on any atom is -0.486 e. The Hall–Kier alpha value is -1.55. The van der Waals surface area contributed by atoms with E-state index in [-0.39, 0.29) is 24.0 Å². The third-order valence-corrected chi connectivity index (χ3v) is 5.14. The first kappa shape index (κ1) is 20.8. The van der Waals surface area contributed by atoms with Gasteiger partial charge >= 0.3 is 0 Å². The Morgan fingerprint density at radius 2 is 2.00 bits per heavy atom. The topological polar surface area (TPSA) is 59.0 Å². The van der Waals surface area contributed by atoms with Crippen LogP contribution in [0.4, 0.5) is 0 Å². The van der Waals surface area contributed by atoms with Gasteiger partial charge in [0, 0.05) is 25.5 Å². The average Bonchev–Trinajstić information content (AvgIpc) is 2.93. The second kappa shape index (κ2) is 9.40. The Kier molecular flexibility index (Phi) is 7.51. The molecule has 1 N–H and O–H groups in total. The third kappa shape index (κ3) is 5.00. The van der Waals surface area contributed by atoms with Crippen molar-refractivity contribution in [1.29, 1.82) is 0 Å². The van der Waals surface area contributed by atoms with Crippen molar-refractivity contribution >= 4 is 41.3 Å². The molecule has 6 nitrogen and oxygen atoms in total. The fourth-order valence-corrected chi connectivity index (χ4v) is 3.56. The molecule has 0 fully saturated rings. The molecule has 26 heavy (non-hydrogen) atoms. The summed E-state index contributed by atoms with van der Waals surface area (Å²) in [6.07, 6.45) is 0. The number of halogens is 1. The van der Waals surface area contributed by atoms with Crippen LogP contribution in [0.25, 0.3) is 0 Å². The van der Waals surface area contributed by atoms with E-state index < -0.39 is 0 Å². The highest BCUT2D eigenvalue weighted by atomic mass is 127. The predicted octanol–water partition coefficient (Wildman–Crippen LogP) is 3.36. The molecule has 1 aromatic carbocycles. The maximum Gasteiger partial charge on any atom is 0.194 e. The van der Waals surface area contributed by atoms with Crippen LogP contribution in [0, 0.1) is 13.8 Å². The minimum absolute atomic E-state index is 0. The van der Waals surface area contributed by atoms with Gasteiger partial charge in [-0.15, -0.1) is 35.3 Å². The fraction of sp³-hybridized carbons (Fsp3) is 0.444. The van der Waals surface area contributed by atoms with E-state index in [9.17, 15) is 0 Å². The molecule has 3 rings (SSSR count). The molecule has 2 heterocycles. The molecule has 0 radical (unpaired) electrons. The van der Waals surface area contributed by atoms with Crippen molar-refractivity contribution in [3.8, 4) is 11.5 Å². The molecule has 0 saturated heterocycles. The first-order valence-electron chi connectivity index (χ1n) is 8.30. The van der Waals surface area contributed by atoms with Gasteiger partial charge < -0.3 is 19.7 Å². The summed E-state index contributed by atoms with van der Waals surface area (Å²) in [5.41, 5.74) is 2.25. The van der Waals surface area contributed by atoms with E-state index in [1.54, 1.807) is 18.4 Å². The minimum atomic E-state index is 0. The molecule has 0 aliphatic carbocycles. The molecule has 1 aromatic heterocycles. The van der Waals surface area contributed by atoms with Gasteiger partial charge in [-0.05, 0) is 31.5 Å². The molecule has 0 atom stereocenters. The van der Waals surface area contributed by atoms with Crippen molar-refractivity contribution < 1.29 is 9.47 Å². The van der Waals surface area contributed by atoms with Gasteiger partial charge in [0.1, 0.15) is 18.2 Å². The molecule has 0 amide bonds. The number of guanidine groups is 1. The fourth-order valence-electron chi connectivity index (χ4n) is 2.69. The summed E-state index contributed by atoms with van der Waals surface area (Å²) in [7, 11) is 3.81. The van der Waals surface area contributed by atoms with Gasteiger partial charge in [0.25, 0.3) is 0 Å². The first-order chi connectivity index (χ1) is 12.1. The summed E-state index contributed by atoms with van der Waals surface area (Å²) in [6, 6.07) is 6.06. The lowest BCUT2D eigenvalue weighted by molar-refractivity contribution is 0.171. The number of ether oxygens (including phenoxy) is 2. The van der Waals surface area contributed by atoms with Gasteiger partial charge in [-0.2, -0.15) is 0 Å². The maximum absolute atomic E-state index is 5.66. The van der Waals surface area contributed by atoms with Crippen molar-refractivity contribution in [2.24, 2.45) is 4.99 Å². The quantitative estimate of drug-likeness (QED) is 0.407. The molecule has 0 bridgehead atoms. The van der Waals surface area contributed by atoms with E-state index in [1.165, 1.54) is 4.88 Å². The van der Waals surface area contributed by atoms with E-state index >= 15 is 0 Å². The second-order valence-electron chi connectivity index (χ2n) is 5.98. The van der Waals surface area contributed by atoms with Crippen molar-refractivity contribution in [3.63, 3.8) is 0 Å². The zero-order valence-corrected chi connectivity index (χ0v) is 18.7. The Morgan fingerprint density at radius 1 is 1.27 bits per heavy atom. The standard InChI is InChI=1S/C18H24N4O2S.HI/c1-12-13(2)25-17(21-12)10-20-18(19-3)22(4)11-14-5-6-15-16(9-14)24-8-7-23-15;/h5-6,9H,7-8,10-11H2,1-4H3,(H,19,20);1H. The van der Waals surface area contributed by atoms with Crippen LogP contribution in [0.3, 0.4) is 0 Å². The SMILES string of the molecule is CN=C(NCc1nc(C)c(C)s1)N(C)Cc1ccc2c(c1)OCCO2.I. The number of aliphatic imine (C=N–C) groups is 1. The lowest BCUT2D eigenvalue weighted by Gasteiger charge is -2.23. The zero-order valence-electron chi connectivity index (χ0n) is 15.5. The normalized spacial score (nSPS) is 13.2. The van der Waals surface area contributed by atoms with Gasteiger partial charge in [-0.25, -0.2) is 4.98 Å². The monoisotopic (exact) mass is 488 g/mol. The molecule has 1 aliphatic rings. The summed E-state index contributed by atoms with van der Waals surface area (Å²) >= 11 is 1.72. The van der Waals surface area contributed by atoms with Crippen molar-refractivity contribution in [2.45, 2.75) is 26.9 Å². The number of fused-ring (bicyclic) bond motifs is 1. The maximum atomic E-state index is 5.66. The zero-order chi connectivity index (χ0) is 17.8. The molecular weight excluding hydrogens is 463 g/mol. The van der Waals surface area contributed by atoms with E-state index in [2.05, 4.69) is 33.2 Å². The van der Waals surface area contributed by atoms with Crippen LogP contribution in [-0.2, 0) is 13.1 Å². The summed E-state index contributed by atoms with van der Waals surface area (Å²) < 4.78 is 11.2. The lowest BCUT2D eigenvalue weighted by atomic mass is 10.2. The third-order valence-electron chi connectivity index (χ3n) is 4.07. The molecule has 142 valence electrons. The van der Waals surface area contributed by atoms with E-state index in [4.69, 9.17) is 9.47 Å². The number of hydrogen-bond acceptors (Lipinski definition) is 5. The van der Waals surface area contributed by atoms with Crippen molar-refractivity contribution in [1.82, 2.24) is 15.2 Å². The van der Waals surface area contributed by atoms with Crippen LogP contribution in [0.15, 0.2) is 23.2 Å². The Labute approximate surface area is 175 Å². The molecule has 8 heteroatoms. The first-order valence-corrected chi connectivity index (χ1v) is 9.11. The molecule has 0 spiro atoms. The summed E-state index contributed by atoms with van der Waals surface area (Å²) in [5.74, 6) is 2.46. The lowest BCUT2D eigenvalue weighted by Crippen LogP contribution is -2.38. The van der Waals surface area contributed by atoms with Crippen LogP contribution in [0.2, 0.25) is 0 Å². The molecule has 0 unspecified atom stereocenters. The second-order valence-corrected chi connectivity index (χ2v) is 7.27. The van der Waals surface area contributed by atoms with Crippen molar-refractivity contribution in [2.75, 3.05) is 27.3 Å². The predicted molar refractivity (Wildman–Crippen MR) is 116 cm³/mol. The number of rotatable bonds is 4. The number of thiazole rings is 1. The summed E-state index contributed by atoms with van der Waals surface area (Å²) in [5, 5.41) is 4.45. The highest BCUT2D eigenvalue weighted by molar-refractivity contribution is 14.0. The Balaban J connectivity index is 0.00000243. The Bertz CT molecular complexity index is 759. The number of aromatic nitrogens is 1. The van der Waals surface area contributed by atoms with Gasteiger partial charge in [0.15, 0.2) is 17.5 Å². The van der Waals surface area contributed by atoms with Gasteiger partial charge in [0.2, 0.25) is 0 Å². The van der Waals surface area contributed by atoms with Gasteiger partial charge in [-0.1, -0.05) is 6.07 Å². The largest absolute Gasteiger partial charge is 0.486 e. The highest BCUT2D eigenvalue weighted by Crippen LogP contribution is 2.31. The Morgan fingerprint density at radius 3 is 2.65 bits per heavy atom. The smallest absolute Gasteiger partial charge is 0.194 e. The van der Waals surface area contributed by atoms with E-state index in [0.717, 1.165) is 40.3 Å². The molecular formula is C18H25IN4O2S. The number of nitrogens with zero attached hydrogens (tertiary/aromatic N) is 3. The van der Waals surface area contributed by atoms with E-state index in [1.807, 2.05) is 26.1 Å². The number of nitrogens with one attached hydrogen (secondary N) is 1. The van der Waals surface area contributed by atoms with Crippen LogP contribution < -0.4 is 14.8 Å². The van der Waals surface area contributed by atoms with Crippen LogP contribution in [0.5, 0.6) is 11.5 Å². The summed E-state index contributed by atoms with van der Waals surface area (Å²) in [4.78, 5) is 12.3. The van der Waals surface area contributed by atoms with E-state index in [0.29, 0.717) is 19.8 Å².